The number of ether oxygens (including phenoxy) is 1. The minimum absolute atomic E-state index is 0.0544. The van der Waals surface area contributed by atoms with Crippen molar-refractivity contribution < 1.29 is 52.5 Å². The fourth-order valence-corrected chi connectivity index (χ4v) is 11.3. The Labute approximate surface area is 148 Å². The van der Waals surface area contributed by atoms with Gasteiger partial charge in [0.05, 0.1) is 0 Å². The van der Waals surface area contributed by atoms with Crippen LogP contribution in [0.4, 0.5) is 0 Å². The molecule has 0 radical (unpaired) electrons. The first-order valence-corrected chi connectivity index (χ1v) is 13.4. The van der Waals surface area contributed by atoms with Crippen molar-refractivity contribution >= 4 is 0 Å². The number of halogens is 2. The molecule has 5 aliphatic rings. The number of hydrogen-bond donors (Lipinski definition) is 2. The molecule has 5 rings (SSSR count). The third-order valence-electron chi connectivity index (χ3n) is 5.95. The molecular formula is C16H25I2NO2-2. The van der Waals surface area contributed by atoms with Crippen LogP contribution in [0.25, 0.3) is 0 Å². The zero-order valence-electron chi connectivity index (χ0n) is 12.8. The molecule has 4 unspecified atom stereocenters. The van der Waals surface area contributed by atoms with E-state index in [2.05, 4.69) is 22.0 Å². The molecule has 0 aromatic rings. The Kier molecular flexibility index (Phi) is 3.65. The summed E-state index contributed by atoms with van der Waals surface area (Å²) in [6.45, 7) is 6.71. The van der Waals surface area contributed by atoms with Crippen molar-refractivity contribution in [1.82, 2.24) is 3.53 Å². The molecule has 0 spiro atoms. The van der Waals surface area contributed by atoms with Gasteiger partial charge in [-0.15, -0.1) is 0 Å². The van der Waals surface area contributed by atoms with Crippen LogP contribution in [0, 0.1) is 11.8 Å². The quantitative estimate of drug-likeness (QED) is 0.0978. The van der Waals surface area contributed by atoms with Gasteiger partial charge in [-0.1, -0.05) is 0 Å². The molecule has 1 aliphatic heterocycles. The van der Waals surface area contributed by atoms with Crippen LogP contribution in [0.5, 0.6) is 0 Å². The number of nitrogens with one attached hydrogen (secondary N) is 1. The molecule has 21 heavy (non-hydrogen) atoms. The second-order valence-corrected chi connectivity index (χ2v) is 13.5. The van der Waals surface area contributed by atoms with E-state index in [0.717, 1.165) is 37.9 Å². The van der Waals surface area contributed by atoms with Crippen molar-refractivity contribution in [3.63, 3.8) is 0 Å². The van der Waals surface area contributed by atoms with E-state index in [-0.39, 0.29) is 51.7 Å². The first kappa shape index (κ1) is 15.4. The predicted octanol–water partition coefficient (Wildman–Crippen LogP) is -3.99. The summed E-state index contributed by atoms with van der Waals surface area (Å²) in [6, 6.07) is 0. The summed E-state index contributed by atoms with van der Waals surface area (Å²) in [5, 5.41) is 10.9. The Hall–Kier alpha value is 0.920. The van der Waals surface area contributed by atoms with Crippen molar-refractivity contribution in [1.29, 1.82) is 0 Å². The van der Waals surface area contributed by atoms with Crippen molar-refractivity contribution in [2.24, 2.45) is 11.8 Å². The molecule has 122 valence electrons. The second-order valence-electron chi connectivity index (χ2n) is 7.74. The van der Waals surface area contributed by atoms with Crippen LogP contribution in [-0.2, 0) is 4.74 Å². The van der Waals surface area contributed by atoms with Gasteiger partial charge in [0.1, 0.15) is 0 Å². The van der Waals surface area contributed by atoms with Crippen LogP contribution in [0.1, 0.15) is 45.4 Å². The molecule has 0 amide bonds. The van der Waals surface area contributed by atoms with Gasteiger partial charge in [-0.25, -0.2) is 0 Å². The summed E-state index contributed by atoms with van der Waals surface area (Å²) in [5.74, 6) is 2.38. The van der Waals surface area contributed by atoms with Gasteiger partial charge in [0.25, 0.3) is 0 Å². The monoisotopic (exact) mass is 517 g/mol. The van der Waals surface area contributed by atoms with Gasteiger partial charge in [0.2, 0.25) is 0 Å². The van der Waals surface area contributed by atoms with E-state index in [0.29, 0.717) is 15.9 Å². The molecule has 1 saturated heterocycles. The SMILES string of the molecule is C=C(OC12CC3CC(CC(O)(C3)C1)C2)C(C)([I-]C)C1N[I-]1. The normalized spacial score (nSPS) is 50.3. The average molecular weight is 517 g/mol. The molecule has 2 N–H and O–H groups in total. The fourth-order valence-electron chi connectivity index (χ4n) is 5.19. The van der Waals surface area contributed by atoms with Gasteiger partial charge in [-0.3, -0.25) is 0 Å². The molecule has 0 aromatic carbocycles. The third kappa shape index (κ3) is 2.58. The summed E-state index contributed by atoms with van der Waals surface area (Å²) in [6.07, 6.45) is 6.47. The number of aliphatic hydroxyl groups is 1. The Morgan fingerprint density at radius 3 is 2.48 bits per heavy atom. The van der Waals surface area contributed by atoms with Crippen LogP contribution in [0.3, 0.4) is 0 Å². The first-order chi connectivity index (χ1) is 9.86. The Morgan fingerprint density at radius 1 is 1.38 bits per heavy atom. The first-order valence-electron chi connectivity index (χ1n) is 7.86. The molecule has 4 aliphatic carbocycles. The van der Waals surface area contributed by atoms with Gasteiger partial charge < -0.3 is 0 Å². The van der Waals surface area contributed by atoms with E-state index in [1.165, 1.54) is 6.42 Å². The topological polar surface area (TPSA) is 51.4 Å². The van der Waals surface area contributed by atoms with Gasteiger partial charge in [0.15, 0.2) is 0 Å². The average Bonchev–Trinajstić information content (AvgIpc) is 3.18. The van der Waals surface area contributed by atoms with E-state index in [4.69, 9.17) is 4.74 Å². The molecule has 5 fully saturated rings. The standard InChI is InChI=1S/C16H25I2NO2/c1-10(14(2,17-3)13-18-19-13)21-16-7-11-4-12(8-16)6-15(20,5-11)9-16/h11-13,19-20H,1,4-9H2,2-3H3/q-2. The number of hydrogen-bond acceptors (Lipinski definition) is 3. The molecule has 1 heterocycles. The zero-order chi connectivity index (χ0) is 14.9. The summed E-state index contributed by atoms with van der Waals surface area (Å²) >= 11 is 0.234. The van der Waals surface area contributed by atoms with Gasteiger partial charge in [0, 0.05) is 0 Å². The third-order valence-corrected chi connectivity index (χ3v) is 13.1. The van der Waals surface area contributed by atoms with Gasteiger partial charge >= 0.3 is 149 Å². The molecule has 0 aromatic heterocycles. The van der Waals surface area contributed by atoms with E-state index >= 15 is 0 Å². The molecular weight excluding hydrogens is 492 g/mol. The fraction of sp³-hybridized carbons (Fsp3) is 0.875. The van der Waals surface area contributed by atoms with Gasteiger partial charge in [-0.05, 0) is 0 Å². The van der Waals surface area contributed by atoms with E-state index < -0.39 is 5.60 Å². The maximum absolute atomic E-state index is 10.9. The molecule has 4 atom stereocenters. The van der Waals surface area contributed by atoms with Crippen LogP contribution < -0.4 is 46.2 Å². The number of rotatable bonds is 5. The van der Waals surface area contributed by atoms with Crippen LogP contribution in [-0.4, -0.2) is 28.7 Å². The molecule has 5 heteroatoms. The maximum atomic E-state index is 10.9. The Balaban J connectivity index is 1.55. The zero-order valence-corrected chi connectivity index (χ0v) is 17.1. The molecule has 4 bridgehead atoms. The predicted molar refractivity (Wildman–Crippen MR) is 73.8 cm³/mol. The van der Waals surface area contributed by atoms with Crippen molar-refractivity contribution in [2.75, 3.05) is 4.93 Å². The Bertz CT molecular complexity index is 465. The molecule has 3 nitrogen and oxygen atoms in total. The summed E-state index contributed by atoms with van der Waals surface area (Å²) in [4.78, 5) is 2.35. The van der Waals surface area contributed by atoms with E-state index in [9.17, 15) is 5.11 Å². The van der Waals surface area contributed by atoms with Crippen molar-refractivity contribution in [2.45, 2.75) is 64.1 Å². The van der Waals surface area contributed by atoms with E-state index in [1.54, 1.807) is 0 Å². The Morgan fingerprint density at radius 2 is 2.00 bits per heavy atom. The summed E-state index contributed by atoms with van der Waals surface area (Å²) in [5.41, 5.74) is -0.532. The van der Waals surface area contributed by atoms with E-state index in [1.807, 2.05) is 0 Å². The van der Waals surface area contributed by atoms with Crippen molar-refractivity contribution in [3.05, 3.63) is 12.3 Å². The van der Waals surface area contributed by atoms with Crippen LogP contribution in [0.15, 0.2) is 12.3 Å². The second kappa shape index (κ2) is 4.96. The molecule has 4 saturated carbocycles. The van der Waals surface area contributed by atoms with Crippen LogP contribution in [0.2, 0.25) is 0 Å². The minimum atomic E-state index is -0.438. The van der Waals surface area contributed by atoms with Crippen molar-refractivity contribution in [3.8, 4) is 0 Å². The van der Waals surface area contributed by atoms with Crippen LogP contribution >= 0.6 is 0 Å². The summed E-state index contributed by atoms with van der Waals surface area (Å²) < 4.78 is 11.1. The number of alkyl halides is 3. The summed E-state index contributed by atoms with van der Waals surface area (Å²) in [7, 11) is 0. The van der Waals surface area contributed by atoms with Gasteiger partial charge in [-0.2, -0.15) is 0 Å².